The number of nitrogens with zero attached hydrogens (tertiary/aromatic N) is 2. The molecule has 0 fully saturated rings. The average molecular weight is 188 g/mol. The Kier molecular flexibility index (Phi) is 2.38. The summed E-state index contributed by atoms with van der Waals surface area (Å²) in [5, 5.41) is 8.42. The Balaban J connectivity index is 2.42. The minimum Gasteiger partial charge on any atom is -0.319 e. The molecule has 70 valence electrons. The van der Waals surface area contributed by atoms with E-state index in [0.29, 0.717) is 5.82 Å². The Hall–Kier alpha value is -1.94. The molecule has 2 aromatic rings. The number of benzene rings is 1. The molecule has 1 N–H and O–H groups in total. The second kappa shape index (κ2) is 3.85. The zero-order valence-electron chi connectivity index (χ0n) is 7.29. The van der Waals surface area contributed by atoms with Crippen molar-refractivity contribution in [2.75, 3.05) is 0 Å². The van der Waals surface area contributed by atoms with Crippen molar-refractivity contribution in [1.29, 1.82) is 0 Å². The molecule has 0 unspecified atom stereocenters. The standard InChI is InChI=1S/C10H8N2O2/c13-14-9-6-7-11-10(12-9)8-4-2-1-3-5-8/h1-7,13H. The molecule has 1 heterocycles. The van der Waals surface area contributed by atoms with Crippen molar-refractivity contribution >= 4 is 0 Å². The fraction of sp³-hybridized carbons (Fsp3) is 0. The predicted molar refractivity (Wildman–Crippen MR) is 50.7 cm³/mol. The van der Waals surface area contributed by atoms with Crippen LogP contribution in [0.5, 0.6) is 5.88 Å². The van der Waals surface area contributed by atoms with E-state index in [0.717, 1.165) is 5.56 Å². The molecule has 0 radical (unpaired) electrons. The highest BCUT2D eigenvalue weighted by molar-refractivity contribution is 5.54. The molecule has 0 bridgehead atoms. The molecular weight excluding hydrogens is 180 g/mol. The Morgan fingerprint density at radius 1 is 1.07 bits per heavy atom. The quantitative estimate of drug-likeness (QED) is 0.578. The minimum atomic E-state index is 0.138. The molecule has 0 amide bonds. The van der Waals surface area contributed by atoms with Crippen molar-refractivity contribution in [3.05, 3.63) is 42.6 Å². The molecule has 0 aliphatic rings. The predicted octanol–water partition coefficient (Wildman–Crippen LogP) is 2.00. The highest BCUT2D eigenvalue weighted by atomic mass is 17.1. The van der Waals surface area contributed by atoms with E-state index in [2.05, 4.69) is 14.9 Å². The Bertz CT molecular complexity index is 417. The van der Waals surface area contributed by atoms with Gasteiger partial charge in [0.05, 0.1) is 0 Å². The van der Waals surface area contributed by atoms with Crippen LogP contribution in [0.2, 0.25) is 0 Å². The molecule has 0 aliphatic heterocycles. The van der Waals surface area contributed by atoms with Crippen LogP contribution in [0.1, 0.15) is 0 Å². The van der Waals surface area contributed by atoms with E-state index < -0.39 is 0 Å². The molecule has 4 nitrogen and oxygen atoms in total. The van der Waals surface area contributed by atoms with Gasteiger partial charge in [0.15, 0.2) is 5.82 Å². The van der Waals surface area contributed by atoms with Crippen LogP contribution in [-0.4, -0.2) is 15.2 Å². The van der Waals surface area contributed by atoms with Crippen LogP contribution in [0.4, 0.5) is 0 Å². The zero-order chi connectivity index (χ0) is 9.80. The summed E-state index contributed by atoms with van der Waals surface area (Å²) in [4.78, 5) is 12.1. The second-order valence-electron chi connectivity index (χ2n) is 2.68. The summed E-state index contributed by atoms with van der Waals surface area (Å²) in [6, 6.07) is 11.0. The normalized spacial score (nSPS) is 9.79. The maximum atomic E-state index is 8.42. The first kappa shape index (κ1) is 8.65. The van der Waals surface area contributed by atoms with Crippen LogP contribution in [0.15, 0.2) is 42.6 Å². The van der Waals surface area contributed by atoms with E-state index in [1.807, 2.05) is 30.3 Å². The molecule has 14 heavy (non-hydrogen) atoms. The van der Waals surface area contributed by atoms with Gasteiger partial charge in [0.1, 0.15) is 0 Å². The van der Waals surface area contributed by atoms with E-state index in [-0.39, 0.29) is 5.88 Å². The highest BCUT2D eigenvalue weighted by Gasteiger charge is 2.01. The summed E-state index contributed by atoms with van der Waals surface area (Å²) in [7, 11) is 0. The molecule has 0 saturated carbocycles. The van der Waals surface area contributed by atoms with Gasteiger partial charge >= 0.3 is 0 Å². The van der Waals surface area contributed by atoms with Gasteiger partial charge < -0.3 is 4.89 Å². The lowest BCUT2D eigenvalue weighted by molar-refractivity contribution is -0.141. The van der Waals surface area contributed by atoms with Crippen molar-refractivity contribution < 1.29 is 10.1 Å². The third kappa shape index (κ3) is 1.70. The van der Waals surface area contributed by atoms with E-state index in [4.69, 9.17) is 5.26 Å². The fourth-order valence-electron chi connectivity index (χ4n) is 1.12. The third-order valence-corrected chi connectivity index (χ3v) is 1.76. The van der Waals surface area contributed by atoms with Crippen LogP contribution in [0.25, 0.3) is 11.4 Å². The summed E-state index contributed by atoms with van der Waals surface area (Å²) in [6.45, 7) is 0. The molecule has 1 aromatic carbocycles. The first-order valence-electron chi connectivity index (χ1n) is 4.10. The summed E-state index contributed by atoms with van der Waals surface area (Å²) >= 11 is 0. The summed E-state index contributed by atoms with van der Waals surface area (Å²) < 4.78 is 0. The molecule has 0 spiro atoms. The van der Waals surface area contributed by atoms with Gasteiger partial charge in [-0.05, 0) is 0 Å². The van der Waals surface area contributed by atoms with Crippen LogP contribution in [0, 0.1) is 0 Å². The van der Waals surface area contributed by atoms with Crippen molar-refractivity contribution in [3.8, 4) is 17.3 Å². The molecule has 0 saturated heterocycles. The van der Waals surface area contributed by atoms with Crippen LogP contribution in [-0.2, 0) is 0 Å². The molecule has 2 rings (SSSR count). The van der Waals surface area contributed by atoms with Gasteiger partial charge in [0.2, 0.25) is 0 Å². The number of aromatic nitrogens is 2. The smallest absolute Gasteiger partial charge is 0.259 e. The van der Waals surface area contributed by atoms with Crippen molar-refractivity contribution in [2.45, 2.75) is 0 Å². The Labute approximate surface area is 80.8 Å². The lowest BCUT2D eigenvalue weighted by atomic mass is 10.2. The van der Waals surface area contributed by atoms with Crippen molar-refractivity contribution in [2.24, 2.45) is 0 Å². The first-order chi connectivity index (χ1) is 6.90. The largest absolute Gasteiger partial charge is 0.319 e. The molecule has 1 aromatic heterocycles. The maximum Gasteiger partial charge on any atom is 0.259 e. The average Bonchev–Trinajstić information content (AvgIpc) is 2.30. The topological polar surface area (TPSA) is 55.2 Å². The SMILES string of the molecule is OOc1ccnc(-c2ccccc2)n1. The summed E-state index contributed by atoms with van der Waals surface area (Å²) in [5.41, 5.74) is 0.881. The maximum absolute atomic E-state index is 8.42. The Morgan fingerprint density at radius 3 is 2.57 bits per heavy atom. The fourth-order valence-corrected chi connectivity index (χ4v) is 1.12. The van der Waals surface area contributed by atoms with Crippen LogP contribution >= 0.6 is 0 Å². The second-order valence-corrected chi connectivity index (χ2v) is 2.68. The monoisotopic (exact) mass is 188 g/mol. The Morgan fingerprint density at radius 2 is 1.86 bits per heavy atom. The zero-order valence-corrected chi connectivity index (χ0v) is 7.29. The van der Waals surface area contributed by atoms with Crippen molar-refractivity contribution in [3.63, 3.8) is 0 Å². The number of hydrogen-bond acceptors (Lipinski definition) is 4. The van der Waals surface area contributed by atoms with Gasteiger partial charge in [0, 0.05) is 17.8 Å². The number of rotatable bonds is 2. The highest BCUT2D eigenvalue weighted by Crippen LogP contribution is 2.15. The van der Waals surface area contributed by atoms with Gasteiger partial charge in [0.25, 0.3) is 5.88 Å². The van der Waals surface area contributed by atoms with E-state index in [9.17, 15) is 0 Å². The lowest BCUT2D eigenvalue weighted by Crippen LogP contribution is -1.92. The molecule has 0 aliphatic carbocycles. The first-order valence-corrected chi connectivity index (χ1v) is 4.10. The van der Waals surface area contributed by atoms with Crippen molar-refractivity contribution in [1.82, 2.24) is 9.97 Å². The van der Waals surface area contributed by atoms with Gasteiger partial charge in [-0.25, -0.2) is 10.2 Å². The summed E-state index contributed by atoms with van der Waals surface area (Å²) in [6.07, 6.45) is 1.53. The molecule has 4 heteroatoms. The lowest BCUT2D eigenvalue weighted by Gasteiger charge is -2.00. The third-order valence-electron chi connectivity index (χ3n) is 1.76. The van der Waals surface area contributed by atoms with E-state index >= 15 is 0 Å². The van der Waals surface area contributed by atoms with Gasteiger partial charge in [-0.3, -0.25) is 0 Å². The minimum absolute atomic E-state index is 0.138. The van der Waals surface area contributed by atoms with Gasteiger partial charge in [-0.15, -0.1) is 0 Å². The van der Waals surface area contributed by atoms with Crippen LogP contribution < -0.4 is 4.89 Å². The van der Waals surface area contributed by atoms with Gasteiger partial charge in [-0.2, -0.15) is 4.98 Å². The van der Waals surface area contributed by atoms with E-state index in [1.165, 1.54) is 12.3 Å². The van der Waals surface area contributed by atoms with Gasteiger partial charge in [-0.1, -0.05) is 30.3 Å². The summed E-state index contributed by atoms with van der Waals surface area (Å²) in [5.74, 6) is 0.663. The number of hydrogen-bond donors (Lipinski definition) is 1. The van der Waals surface area contributed by atoms with E-state index in [1.54, 1.807) is 0 Å². The van der Waals surface area contributed by atoms with Crippen LogP contribution in [0.3, 0.4) is 0 Å². The molecule has 0 atom stereocenters. The molecular formula is C10H8N2O2.